The normalized spacial score (nSPS) is 15.1. The summed E-state index contributed by atoms with van der Waals surface area (Å²) in [7, 11) is 1.61. The lowest BCUT2D eigenvalue weighted by Gasteiger charge is -2.23. The molecule has 4 nitrogen and oxygen atoms in total. The molecule has 2 rings (SSSR count). The van der Waals surface area contributed by atoms with E-state index in [1.807, 2.05) is 39.8 Å². The van der Waals surface area contributed by atoms with Crippen LogP contribution in [0.5, 0.6) is 5.75 Å². The van der Waals surface area contributed by atoms with Gasteiger partial charge in [-0.05, 0) is 50.3 Å². The van der Waals surface area contributed by atoms with Gasteiger partial charge in [0.1, 0.15) is 11.9 Å². The Morgan fingerprint density at radius 1 is 1.24 bits per heavy atom. The van der Waals surface area contributed by atoms with Gasteiger partial charge in [0.15, 0.2) is 0 Å². The van der Waals surface area contributed by atoms with Crippen molar-refractivity contribution in [2.24, 2.45) is 0 Å². The van der Waals surface area contributed by atoms with Crippen LogP contribution in [0.4, 0.5) is 4.79 Å². The summed E-state index contributed by atoms with van der Waals surface area (Å²) in [4.78, 5) is 11.3. The van der Waals surface area contributed by atoms with Gasteiger partial charge in [0.05, 0.1) is 6.04 Å². The van der Waals surface area contributed by atoms with Crippen molar-refractivity contribution in [2.45, 2.75) is 59.1 Å². The number of benzene rings is 1. The second-order valence-corrected chi connectivity index (χ2v) is 5.08. The van der Waals surface area contributed by atoms with Gasteiger partial charge in [-0.2, -0.15) is 0 Å². The zero-order chi connectivity index (χ0) is 15.8. The van der Waals surface area contributed by atoms with E-state index >= 15 is 0 Å². The molecular weight excluding hydrogens is 264 g/mol. The second-order valence-electron chi connectivity index (χ2n) is 5.08. The topological polar surface area (TPSA) is 50.4 Å². The number of carbonyl (C=O) groups excluding carboxylic acids is 1. The number of hydrogen-bond acceptors (Lipinski definition) is 2. The Bertz CT molecular complexity index is 460. The van der Waals surface area contributed by atoms with Crippen LogP contribution < -0.4 is 15.4 Å². The van der Waals surface area contributed by atoms with Gasteiger partial charge in [-0.15, -0.1) is 0 Å². The van der Waals surface area contributed by atoms with Crippen LogP contribution in [0.1, 0.15) is 45.2 Å². The van der Waals surface area contributed by atoms with E-state index in [-0.39, 0.29) is 18.2 Å². The minimum absolute atomic E-state index is 0.0443. The predicted molar refractivity (Wildman–Crippen MR) is 87.0 cm³/mol. The minimum atomic E-state index is -0.179. The van der Waals surface area contributed by atoms with E-state index in [0.29, 0.717) is 0 Å². The third-order valence-corrected chi connectivity index (χ3v) is 3.71. The van der Waals surface area contributed by atoms with Gasteiger partial charge >= 0.3 is 6.03 Å². The highest BCUT2D eigenvalue weighted by molar-refractivity contribution is 5.73. The van der Waals surface area contributed by atoms with E-state index in [1.165, 1.54) is 17.5 Å². The molecule has 0 aliphatic heterocycles. The van der Waals surface area contributed by atoms with E-state index < -0.39 is 0 Å². The lowest BCUT2D eigenvalue weighted by molar-refractivity contribution is 0.174. The highest BCUT2D eigenvalue weighted by Gasteiger charge is 2.20. The van der Waals surface area contributed by atoms with Crippen molar-refractivity contribution in [3.8, 4) is 5.75 Å². The quantitative estimate of drug-likeness (QED) is 0.894. The fraction of sp³-hybridized carbons (Fsp3) is 0.588. The monoisotopic (exact) mass is 292 g/mol. The van der Waals surface area contributed by atoms with Gasteiger partial charge < -0.3 is 15.4 Å². The Kier molecular flexibility index (Phi) is 7.06. The summed E-state index contributed by atoms with van der Waals surface area (Å²) >= 11 is 0. The van der Waals surface area contributed by atoms with E-state index in [1.54, 1.807) is 7.05 Å². The highest BCUT2D eigenvalue weighted by atomic mass is 16.5. The molecule has 118 valence electrons. The minimum Gasteiger partial charge on any atom is -0.488 e. The molecule has 0 heterocycles. The zero-order valence-corrected chi connectivity index (χ0v) is 13.8. The standard InChI is InChI=1S/C15H22N2O2.C2H6/c1-10(17-15(18)16-3)11(2)19-14-9-5-7-12-6-4-8-13(12)14;1-2/h5,7,9-11H,4,6,8H2,1-3H3,(H2,16,17,18);1-2H3. The molecule has 4 heteroatoms. The first kappa shape index (κ1) is 17.3. The lowest BCUT2D eigenvalue weighted by atomic mass is 10.1. The number of aryl methyl sites for hydroxylation is 1. The first-order valence-electron chi connectivity index (χ1n) is 7.87. The van der Waals surface area contributed by atoms with Gasteiger partial charge in [-0.25, -0.2) is 4.79 Å². The Hall–Kier alpha value is -1.71. The number of rotatable bonds is 4. The van der Waals surface area contributed by atoms with E-state index in [0.717, 1.165) is 18.6 Å². The Labute approximate surface area is 128 Å². The molecule has 1 aliphatic rings. The third kappa shape index (κ3) is 4.66. The molecule has 0 saturated carbocycles. The van der Waals surface area contributed by atoms with Crippen molar-refractivity contribution < 1.29 is 9.53 Å². The predicted octanol–water partition coefficient (Wildman–Crippen LogP) is 3.29. The van der Waals surface area contributed by atoms with Crippen molar-refractivity contribution in [1.82, 2.24) is 10.6 Å². The fourth-order valence-corrected chi connectivity index (χ4v) is 2.39. The number of hydrogen-bond donors (Lipinski definition) is 2. The maximum absolute atomic E-state index is 11.3. The SMILES string of the molecule is CC.CNC(=O)NC(C)C(C)Oc1cccc2c1CCC2. The molecule has 2 atom stereocenters. The van der Waals surface area contributed by atoms with Crippen LogP contribution in [0.25, 0.3) is 0 Å². The summed E-state index contributed by atoms with van der Waals surface area (Å²) in [6.07, 6.45) is 3.38. The Morgan fingerprint density at radius 2 is 1.95 bits per heavy atom. The van der Waals surface area contributed by atoms with Crippen LogP contribution in [0.15, 0.2) is 18.2 Å². The highest BCUT2D eigenvalue weighted by Crippen LogP contribution is 2.31. The van der Waals surface area contributed by atoms with Gasteiger partial charge in [0.25, 0.3) is 0 Å². The Morgan fingerprint density at radius 3 is 2.62 bits per heavy atom. The summed E-state index contributed by atoms with van der Waals surface area (Å²) in [5.74, 6) is 0.966. The molecule has 2 N–H and O–H groups in total. The maximum Gasteiger partial charge on any atom is 0.314 e. The van der Waals surface area contributed by atoms with Gasteiger partial charge in [-0.1, -0.05) is 26.0 Å². The summed E-state index contributed by atoms with van der Waals surface area (Å²) in [6, 6.07) is 6.01. The summed E-state index contributed by atoms with van der Waals surface area (Å²) in [6.45, 7) is 7.93. The fourth-order valence-electron chi connectivity index (χ4n) is 2.39. The van der Waals surface area contributed by atoms with Crippen LogP contribution >= 0.6 is 0 Å². The molecule has 0 aromatic heterocycles. The molecule has 1 aromatic rings. The Balaban J connectivity index is 0.00000106. The second kappa shape index (κ2) is 8.55. The lowest BCUT2D eigenvalue weighted by Crippen LogP contribution is -2.46. The van der Waals surface area contributed by atoms with E-state index in [4.69, 9.17) is 4.74 Å². The first-order chi connectivity index (χ1) is 10.1. The number of ether oxygens (including phenoxy) is 1. The maximum atomic E-state index is 11.3. The summed E-state index contributed by atoms with van der Waals surface area (Å²) in [5.41, 5.74) is 2.73. The van der Waals surface area contributed by atoms with Crippen LogP contribution in [0, 0.1) is 0 Å². The molecule has 0 fully saturated rings. The van der Waals surface area contributed by atoms with Gasteiger partial charge in [0.2, 0.25) is 0 Å². The zero-order valence-electron chi connectivity index (χ0n) is 13.8. The summed E-state index contributed by atoms with van der Waals surface area (Å²) < 4.78 is 6.02. The van der Waals surface area contributed by atoms with Gasteiger partial charge in [-0.3, -0.25) is 0 Å². The molecule has 0 radical (unpaired) electrons. The number of amides is 2. The molecule has 0 saturated heterocycles. The number of carbonyl (C=O) groups is 1. The molecule has 1 aliphatic carbocycles. The molecule has 2 amide bonds. The molecule has 2 unspecified atom stereocenters. The average molecular weight is 292 g/mol. The first-order valence-corrected chi connectivity index (χ1v) is 7.87. The van der Waals surface area contributed by atoms with Crippen molar-refractivity contribution in [2.75, 3.05) is 7.05 Å². The molecular formula is C17H28N2O2. The van der Waals surface area contributed by atoms with Crippen molar-refractivity contribution in [3.63, 3.8) is 0 Å². The van der Waals surface area contributed by atoms with Crippen molar-refractivity contribution in [1.29, 1.82) is 0 Å². The summed E-state index contributed by atoms with van der Waals surface area (Å²) in [5, 5.41) is 5.39. The molecule has 0 bridgehead atoms. The van der Waals surface area contributed by atoms with E-state index in [2.05, 4.69) is 16.7 Å². The van der Waals surface area contributed by atoms with Crippen molar-refractivity contribution in [3.05, 3.63) is 29.3 Å². The molecule has 21 heavy (non-hydrogen) atoms. The van der Waals surface area contributed by atoms with Crippen LogP contribution in [-0.4, -0.2) is 25.2 Å². The van der Waals surface area contributed by atoms with Gasteiger partial charge in [0, 0.05) is 7.05 Å². The molecule has 0 spiro atoms. The van der Waals surface area contributed by atoms with Crippen molar-refractivity contribution >= 4 is 6.03 Å². The van der Waals surface area contributed by atoms with Crippen LogP contribution in [-0.2, 0) is 12.8 Å². The van der Waals surface area contributed by atoms with Crippen LogP contribution in [0.2, 0.25) is 0 Å². The smallest absolute Gasteiger partial charge is 0.314 e. The number of nitrogens with one attached hydrogen (secondary N) is 2. The largest absolute Gasteiger partial charge is 0.488 e. The number of fused-ring (bicyclic) bond motifs is 1. The third-order valence-electron chi connectivity index (χ3n) is 3.71. The molecule has 1 aromatic carbocycles. The average Bonchev–Trinajstić information content (AvgIpc) is 2.98. The number of urea groups is 1. The van der Waals surface area contributed by atoms with Crippen LogP contribution in [0.3, 0.4) is 0 Å². The van der Waals surface area contributed by atoms with E-state index in [9.17, 15) is 4.79 Å².